The van der Waals surface area contributed by atoms with E-state index in [2.05, 4.69) is 13.0 Å². The van der Waals surface area contributed by atoms with Crippen molar-refractivity contribution in [3.05, 3.63) is 29.3 Å². The van der Waals surface area contributed by atoms with Gasteiger partial charge in [-0.2, -0.15) is 0 Å². The van der Waals surface area contributed by atoms with E-state index in [0.29, 0.717) is 17.1 Å². The number of aliphatic hydroxyl groups excluding tert-OH is 1. The summed E-state index contributed by atoms with van der Waals surface area (Å²) in [5, 5.41) is 20.9. The number of phenolic OH excluding ortho intramolecular Hbond substituents is 1. The van der Waals surface area contributed by atoms with Gasteiger partial charge in [0.05, 0.1) is 6.10 Å². The fourth-order valence-electron chi connectivity index (χ4n) is 7.83. The molecule has 0 aromatic heterocycles. The summed E-state index contributed by atoms with van der Waals surface area (Å²) in [4.78, 5) is 0. The maximum Gasteiger partial charge on any atom is 0.115 e. The van der Waals surface area contributed by atoms with Gasteiger partial charge in [0.25, 0.3) is 0 Å². The van der Waals surface area contributed by atoms with Crippen molar-refractivity contribution >= 4 is 0 Å². The van der Waals surface area contributed by atoms with Gasteiger partial charge in [-0.1, -0.05) is 25.8 Å². The Labute approximate surface area is 145 Å². The third-order valence-electron chi connectivity index (χ3n) is 8.80. The Bertz CT molecular complexity index is 668. The normalized spacial score (nSPS) is 46.6. The monoisotopic (exact) mass is 326 g/mol. The van der Waals surface area contributed by atoms with E-state index in [1.54, 1.807) is 0 Å². The van der Waals surface area contributed by atoms with Crippen LogP contribution < -0.4 is 0 Å². The zero-order valence-electron chi connectivity index (χ0n) is 14.8. The molecule has 0 aliphatic heterocycles. The number of aliphatic hydroxyl groups is 1. The van der Waals surface area contributed by atoms with Crippen LogP contribution in [0.15, 0.2) is 18.2 Å². The van der Waals surface area contributed by atoms with Crippen LogP contribution in [0.5, 0.6) is 5.75 Å². The first kappa shape index (κ1) is 15.3. The predicted octanol–water partition coefficient (Wildman–Crippen LogP) is 4.78. The Morgan fingerprint density at radius 2 is 1.96 bits per heavy atom. The van der Waals surface area contributed by atoms with E-state index in [4.69, 9.17) is 0 Å². The van der Waals surface area contributed by atoms with Gasteiger partial charge in [0, 0.05) is 0 Å². The van der Waals surface area contributed by atoms with E-state index in [-0.39, 0.29) is 11.5 Å². The van der Waals surface area contributed by atoms with Crippen molar-refractivity contribution in [3.8, 4) is 5.75 Å². The van der Waals surface area contributed by atoms with Crippen LogP contribution in [0, 0.1) is 22.7 Å². The summed E-state index contributed by atoms with van der Waals surface area (Å²) in [6, 6.07) is 6.08. The second-order valence-electron chi connectivity index (χ2n) is 9.33. The molecule has 2 nitrogen and oxygen atoms in total. The molecule has 3 saturated carbocycles. The van der Waals surface area contributed by atoms with Crippen molar-refractivity contribution in [2.24, 2.45) is 22.7 Å². The molecular formula is C22H30O2. The maximum absolute atomic E-state index is 11.0. The largest absolute Gasteiger partial charge is 0.508 e. The number of hydrogen-bond donors (Lipinski definition) is 2. The Morgan fingerprint density at radius 3 is 2.83 bits per heavy atom. The predicted molar refractivity (Wildman–Crippen MR) is 95.0 cm³/mol. The lowest BCUT2D eigenvalue weighted by molar-refractivity contribution is -0.126. The molecule has 0 radical (unpaired) electrons. The standard InChI is InChI=1S/C22H30O2/c1-21-11-9-18-17-7-6-16(23)12-14(17)5-8-19(18)22(21)10-3-2-4-15(22)13-20(21)24/h6-7,12,15,18-20,23-24H,2-5,8-11,13H2,1H3/t15-,18+,19+,20-,21+,22+/m0/s1. The molecule has 0 heterocycles. The highest BCUT2D eigenvalue weighted by Crippen LogP contribution is 2.73. The molecule has 130 valence electrons. The minimum atomic E-state index is -0.0947. The number of hydrogen-bond acceptors (Lipinski definition) is 2. The SMILES string of the molecule is C[C@]12CC[C@@H]3c4ccc(O)cc4CC[C@H]3[C@]13CCCC[C@H]3C[C@@H]2O. The first-order chi connectivity index (χ1) is 11.6. The molecule has 0 saturated heterocycles. The molecule has 4 aliphatic rings. The number of fused-ring (bicyclic) bond motifs is 3. The smallest absolute Gasteiger partial charge is 0.115 e. The number of benzene rings is 1. The molecule has 24 heavy (non-hydrogen) atoms. The topological polar surface area (TPSA) is 40.5 Å². The van der Waals surface area contributed by atoms with Crippen LogP contribution in [0.2, 0.25) is 0 Å². The second-order valence-corrected chi connectivity index (χ2v) is 9.33. The van der Waals surface area contributed by atoms with Crippen molar-refractivity contribution in [2.45, 2.75) is 76.7 Å². The lowest BCUT2D eigenvalue weighted by atomic mass is 9.43. The van der Waals surface area contributed by atoms with Crippen LogP contribution in [0.3, 0.4) is 0 Å². The Kier molecular flexibility index (Phi) is 3.18. The molecule has 2 heteroatoms. The van der Waals surface area contributed by atoms with Gasteiger partial charge in [0.15, 0.2) is 0 Å². The van der Waals surface area contributed by atoms with Gasteiger partial charge in [0.1, 0.15) is 5.75 Å². The van der Waals surface area contributed by atoms with Crippen LogP contribution in [0.25, 0.3) is 0 Å². The third kappa shape index (κ3) is 1.71. The van der Waals surface area contributed by atoms with Gasteiger partial charge in [-0.15, -0.1) is 0 Å². The lowest BCUT2D eigenvalue weighted by Crippen LogP contribution is -2.55. The molecule has 2 N–H and O–H groups in total. The summed E-state index contributed by atoms with van der Waals surface area (Å²) in [6.07, 6.45) is 11.1. The van der Waals surface area contributed by atoms with Gasteiger partial charge >= 0.3 is 0 Å². The van der Waals surface area contributed by atoms with Crippen molar-refractivity contribution in [2.75, 3.05) is 0 Å². The Balaban J connectivity index is 1.63. The zero-order chi connectivity index (χ0) is 16.5. The van der Waals surface area contributed by atoms with E-state index in [1.807, 2.05) is 12.1 Å². The summed E-state index contributed by atoms with van der Waals surface area (Å²) >= 11 is 0. The van der Waals surface area contributed by atoms with Crippen LogP contribution in [0.4, 0.5) is 0 Å². The average molecular weight is 326 g/mol. The van der Waals surface area contributed by atoms with Gasteiger partial charge in [0.2, 0.25) is 0 Å². The first-order valence-electron chi connectivity index (χ1n) is 10.1. The van der Waals surface area contributed by atoms with E-state index in [9.17, 15) is 10.2 Å². The number of aryl methyl sites for hydroxylation is 1. The van der Waals surface area contributed by atoms with Gasteiger partial charge in [-0.25, -0.2) is 0 Å². The molecular weight excluding hydrogens is 296 g/mol. The minimum Gasteiger partial charge on any atom is -0.508 e. The van der Waals surface area contributed by atoms with E-state index >= 15 is 0 Å². The Morgan fingerprint density at radius 1 is 1.08 bits per heavy atom. The van der Waals surface area contributed by atoms with Crippen LogP contribution in [-0.4, -0.2) is 16.3 Å². The van der Waals surface area contributed by atoms with Crippen molar-refractivity contribution < 1.29 is 10.2 Å². The molecule has 5 rings (SSSR count). The highest BCUT2D eigenvalue weighted by Gasteiger charge is 2.68. The number of aromatic hydroxyl groups is 1. The molecule has 3 fully saturated rings. The first-order valence-corrected chi connectivity index (χ1v) is 10.1. The van der Waals surface area contributed by atoms with Gasteiger partial charge in [-0.05, 0) is 96.8 Å². The van der Waals surface area contributed by atoms with Crippen molar-refractivity contribution in [1.29, 1.82) is 0 Å². The molecule has 0 bridgehead atoms. The summed E-state index contributed by atoms with van der Waals surface area (Å²) in [5.41, 5.74) is 3.38. The molecule has 1 aromatic carbocycles. The van der Waals surface area contributed by atoms with Crippen LogP contribution in [-0.2, 0) is 6.42 Å². The number of phenols is 1. The van der Waals surface area contributed by atoms with E-state index < -0.39 is 0 Å². The van der Waals surface area contributed by atoms with Gasteiger partial charge < -0.3 is 10.2 Å². The van der Waals surface area contributed by atoms with Crippen molar-refractivity contribution in [3.63, 3.8) is 0 Å². The summed E-state index contributed by atoms with van der Waals surface area (Å²) in [7, 11) is 0. The second kappa shape index (κ2) is 5.00. The molecule has 4 aliphatic carbocycles. The minimum absolute atomic E-state index is 0.0947. The molecule has 0 amide bonds. The fraction of sp³-hybridized carbons (Fsp3) is 0.727. The van der Waals surface area contributed by atoms with E-state index in [1.165, 1.54) is 56.1 Å². The zero-order valence-corrected chi connectivity index (χ0v) is 14.8. The fourth-order valence-corrected chi connectivity index (χ4v) is 7.83. The Hall–Kier alpha value is -1.02. The summed E-state index contributed by atoms with van der Waals surface area (Å²) in [6.45, 7) is 2.42. The quantitative estimate of drug-likeness (QED) is 0.720. The maximum atomic E-state index is 11.0. The lowest BCUT2D eigenvalue weighted by Gasteiger charge is -2.61. The highest BCUT2D eigenvalue weighted by molar-refractivity contribution is 5.41. The van der Waals surface area contributed by atoms with Crippen LogP contribution >= 0.6 is 0 Å². The molecule has 1 spiro atoms. The molecule has 6 atom stereocenters. The molecule has 0 unspecified atom stereocenters. The van der Waals surface area contributed by atoms with Gasteiger partial charge in [-0.3, -0.25) is 0 Å². The van der Waals surface area contributed by atoms with Crippen molar-refractivity contribution in [1.82, 2.24) is 0 Å². The van der Waals surface area contributed by atoms with E-state index in [0.717, 1.165) is 24.7 Å². The average Bonchev–Trinajstić information content (AvgIpc) is 2.82. The highest BCUT2D eigenvalue weighted by atomic mass is 16.3. The van der Waals surface area contributed by atoms with Crippen LogP contribution in [0.1, 0.15) is 75.3 Å². The summed E-state index contributed by atoms with van der Waals surface area (Å²) in [5.74, 6) is 2.53. The summed E-state index contributed by atoms with van der Waals surface area (Å²) < 4.78 is 0. The molecule has 1 aromatic rings. The number of rotatable bonds is 0. The third-order valence-corrected chi connectivity index (χ3v) is 8.80.